The first-order valence-corrected chi connectivity index (χ1v) is 10.3. The van der Waals surface area contributed by atoms with Crippen LogP contribution in [0.1, 0.15) is 35.8 Å². The number of hydrogen-bond donors (Lipinski definition) is 2. The van der Waals surface area contributed by atoms with Gasteiger partial charge in [-0.25, -0.2) is 27.2 Å². The van der Waals surface area contributed by atoms with Gasteiger partial charge in [0.1, 0.15) is 18.5 Å². The van der Waals surface area contributed by atoms with Gasteiger partial charge in [-0.15, -0.1) is 0 Å². The smallest absolute Gasteiger partial charge is 0.254 e. The summed E-state index contributed by atoms with van der Waals surface area (Å²) in [6.07, 6.45) is 2.99. The summed E-state index contributed by atoms with van der Waals surface area (Å²) < 4.78 is 42.3. The van der Waals surface area contributed by atoms with E-state index in [9.17, 15) is 17.6 Å². The fourth-order valence-corrected chi connectivity index (χ4v) is 3.80. The van der Waals surface area contributed by atoms with Gasteiger partial charge < -0.3 is 5.32 Å². The molecule has 0 saturated carbocycles. The summed E-state index contributed by atoms with van der Waals surface area (Å²) in [5, 5.41) is 6.73. The van der Waals surface area contributed by atoms with Gasteiger partial charge in [0, 0.05) is 6.54 Å². The van der Waals surface area contributed by atoms with E-state index in [4.69, 9.17) is 0 Å². The van der Waals surface area contributed by atoms with Gasteiger partial charge in [-0.1, -0.05) is 19.1 Å². The molecule has 10 heteroatoms. The lowest BCUT2D eigenvalue weighted by molar-refractivity contribution is 0.0935. The quantitative estimate of drug-likeness (QED) is 0.613. The molecule has 8 nitrogen and oxygen atoms in total. The maximum absolute atomic E-state index is 14.2. The lowest BCUT2D eigenvalue weighted by Gasteiger charge is -2.16. The van der Waals surface area contributed by atoms with Crippen LogP contribution >= 0.6 is 0 Å². The molecule has 0 fully saturated rings. The van der Waals surface area contributed by atoms with E-state index in [0.29, 0.717) is 0 Å². The van der Waals surface area contributed by atoms with Crippen LogP contribution < -0.4 is 10.0 Å². The first-order valence-electron chi connectivity index (χ1n) is 8.87. The number of rotatable bonds is 7. The summed E-state index contributed by atoms with van der Waals surface area (Å²) in [5.74, 6) is -1.50. The van der Waals surface area contributed by atoms with Crippen LogP contribution in [0.2, 0.25) is 0 Å². The van der Waals surface area contributed by atoms with Gasteiger partial charge in [0.2, 0.25) is 10.0 Å². The van der Waals surface area contributed by atoms with Gasteiger partial charge >= 0.3 is 0 Å². The Kier molecular flexibility index (Phi) is 6.04. The topological polar surface area (TPSA) is 106 Å². The number of amides is 1. The predicted octanol–water partition coefficient (Wildman–Crippen LogP) is 2.20. The highest BCUT2D eigenvalue weighted by molar-refractivity contribution is 7.89. The first-order chi connectivity index (χ1) is 13.8. The SMILES string of the molecule is CCNS(=O)(=O)c1ccc(F)c(C(=O)NC(C)c2ccc(-n3cncn3)cc2)c1. The molecular weight excluding hydrogens is 397 g/mol. The van der Waals surface area contributed by atoms with Crippen molar-refractivity contribution >= 4 is 15.9 Å². The molecule has 0 aliphatic heterocycles. The number of nitrogens with one attached hydrogen (secondary N) is 2. The van der Waals surface area contributed by atoms with E-state index in [-0.39, 0.29) is 17.0 Å². The number of carbonyl (C=O) groups is 1. The Hall–Kier alpha value is -3.11. The maximum Gasteiger partial charge on any atom is 0.254 e. The van der Waals surface area contributed by atoms with Crippen LogP contribution in [-0.4, -0.2) is 35.6 Å². The number of sulfonamides is 1. The second-order valence-electron chi connectivity index (χ2n) is 6.27. The maximum atomic E-state index is 14.2. The first kappa shape index (κ1) is 20.6. The molecule has 1 aromatic heterocycles. The van der Waals surface area contributed by atoms with E-state index >= 15 is 0 Å². The van der Waals surface area contributed by atoms with Gasteiger partial charge in [-0.2, -0.15) is 5.10 Å². The summed E-state index contributed by atoms with van der Waals surface area (Å²) in [5.41, 5.74) is 1.26. The van der Waals surface area contributed by atoms with Crippen molar-refractivity contribution in [2.45, 2.75) is 24.8 Å². The average Bonchev–Trinajstić information content (AvgIpc) is 3.23. The van der Waals surface area contributed by atoms with Crippen LogP contribution in [0.15, 0.2) is 60.0 Å². The molecule has 3 aromatic rings. The van der Waals surface area contributed by atoms with E-state index in [1.54, 1.807) is 24.9 Å². The zero-order valence-electron chi connectivity index (χ0n) is 15.8. The van der Waals surface area contributed by atoms with Crippen molar-refractivity contribution in [3.63, 3.8) is 0 Å². The van der Waals surface area contributed by atoms with E-state index < -0.39 is 27.8 Å². The van der Waals surface area contributed by atoms with Crippen LogP contribution in [0.25, 0.3) is 5.69 Å². The van der Waals surface area contributed by atoms with Crippen molar-refractivity contribution in [3.05, 3.63) is 72.1 Å². The van der Waals surface area contributed by atoms with Gasteiger partial charge in [-0.3, -0.25) is 4.79 Å². The Morgan fingerprint density at radius 3 is 2.55 bits per heavy atom. The van der Waals surface area contributed by atoms with Gasteiger partial charge in [0.25, 0.3) is 5.91 Å². The Balaban J connectivity index is 1.77. The lowest BCUT2D eigenvalue weighted by Crippen LogP contribution is -2.28. The molecule has 0 spiro atoms. The zero-order valence-corrected chi connectivity index (χ0v) is 16.6. The minimum absolute atomic E-state index is 0.171. The normalized spacial score (nSPS) is 12.5. The standard InChI is InChI=1S/C19H20FN5O3S/c1-3-23-29(27,28)16-8-9-18(20)17(10-16)19(26)24-13(2)14-4-6-15(7-5-14)25-12-21-11-22-25/h4-13,23H,3H2,1-2H3,(H,24,26). The molecule has 29 heavy (non-hydrogen) atoms. The summed E-state index contributed by atoms with van der Waals surface area (Å²) in [6, 6.07) is 9.94. The molecule has 152 valence electrons. The second-order valence-corrected chi connectivity index (χ2v) is 8.04. The Labute approximate surface area is 167 Å². The van der Waals surface area contributed by atoms with E-state index in [1.807, 2.05) is 24.3 Å². The summed E-state index contributed by atoms with van der Waals surface area (Å²) in [7, 11) is -3.80. The lowest BCUT2D eigenvalue weighted by atomic mass is 10.1. The molecule has 2 N–H and O–H groups in total. The van der Waals surface area contributed by atoms with Crippen LogP contribution in [0.3, 0.4) is 0 Å². The minimum atomic E-state index is -3.80. The zero-order chi connectivity index (χ0) is 21.0. The molecule has 1 heterocycles. The highest BCUT2D eigenvalue weighted by atomic mass is 32.2. The summed E-state index contributed by atoms with van der Waals surface area (Å²) >= 11 is 0. The molecule has 2 aromatic carbocycles. The molecule has 1 atom stereocenters. The Morgan fingerprint density at radius 1 is 1.21 bits per heavy atom. The van der Waals surface area contributed by atoms with Crippen molar-refractivity contribution in [2.24, 2.45) is 0 Å². The highest BCUT2D eigenvalue weighted by Gasteiger charge is 2.20. The third-order valence-electron chi connectivity index (χ3n) is 4.25. The molecule has 1 unspecified atom stereocenters. The van der Waals surface area contributed by atoms with E-state index in [0.717, 1.165) is 29.4 Å². The van der Waals surface area contributed by atoms with Gasteiger partial charge in [0.05, 0.1) is 22.2 Å². The number of carbonyl (C=O) groups excluding carboxylic acids is 1. The third kappa shape index (κ3) is 4.66. The van der Waals surface area contributed by atoms with Crippen molar-refractivity contribution in [3.8, 4) is 5.69 Å². The highest BCUT2D eigenvalue weighted by Crippen LogP contribution is 2.19. The van der Waals surface area contributed by atoms with Crippen molar-refractivity contribution in [1.82, 2.24) is 24.8 Å². The summed E-state index contributed by atoms with van der Waals surface area (Å²) in [6.45, 7) is 3.56. The number of halogens is 1. The van der Waals surface area contributed by atoms with Crippen LogP contribution in [0, 0.1) is 5.82 Å². The minimum Gasteiger partial charge on any atom is -0.345 e. The van der Waals surface area contributed by atoms with E-state index in [2.05, 4.69) is 20.1 Å². The molecular formula is C19H20FN5O3S. The Morgan fingerprint density at radius 2 is 1.93 bits per heavy atom. The third-order valence-corrected chi connectivity index (χ3v) is 5.79. The molecule has 0 saturated heterocycles. The van der Waals surface area contributed by atoms with Crippen LogP contribution in [0.4, 0.5) is 4.39 Å². The molecule has 0 aliphatic rings. The molecule has 0 radical (unpaired) electrons. The van der Waals surface area contributed by atoms with Crippen LogP contribution in [0.5, 0.6) is 0 Å². The fourth-order valence-electron chi connectivity index (χ4n) is 2.73. The van der Waals surface area contributed by atoms with Crippen molar-refractivity contribution < 1.29 is 17.6 Å². The molecule has 1 amide bonds. The average molecular weight is 417 g/mol. The van der Waals surface area contributed by atoms with Crippen molar-refractivity contribution in [2.75, 3.05) is 6.54 Å². The van der Waals surface area contributed by atoms with E-state index in [1.165, 1.54) is 6.33 Å². The second kappa shape index (κ2) is 8.50. The van der Waals surface area contributed by atoms with Gasteiger partial charge in [0.15, 0.2) is 0 Å². The monoisotopic (exact) mass is 417 g/mol. The number of nitrogens with zero attached hydrogens (tertiary/aromatic N) is 3. The number of aromatic nitrogens is 3. The summed E-state index contributed by atoms with van der Waals surface area (Å²) in [4.78, 5) is 16.3. The van der Waals surface area contributed by atoms with Crippen molar-refractivity contribution in [1.29, 1.82) is 0 Å². The van der Waals surface area contributed by atoms with Crippen LogP contribution in [-0.2, 0) is 10.0 Å². The molecule has 0 aliphatic carbocycles. The van der Waals surface area contributed by atoms with Gasteiger partial charge in [-0.05, 0) is 42.8 Å². The largest absolute Gasteiger partial charge is 0.345 e. The fraction of sp³-hybridized carbons (Fsp3) is 0.211. The number of benzene rings is 2. The number of hydrogen-bond acceptors (Lipinski definition) is 5. The molecule has 0 bridgehead atoms. The predicted molar refractivity (Wildman–Crippen MR) is 105 cm³/mol. The Bertz CT molecular complexity index is 1100. The molecule has 3 rings (SSSR count).